The van der Waals surface area contributed by atoms with Crippen LogP contribution in [0.2, 0.25) is 0 Å². The van der Waals surface area contributed by atoms with Gasteiger partial charge in [-0.25, -0.2) is 4.98 Å². The Bertz CT molecular complexity index is 804. The van der Waals surface area contributed by atoms with Gasteiger partial charge in [0.05, 0.1) is 4.92 Å². The molecular weight excluding hydrogens is 276 g/mol. The summed E-state index contributed by atoms with van der Waals surface area (Å²) in [5.74, 6) is -1.08. The summed E-state index contributed by atoms with van der Waals surface area (Å²) in [5.41, 5.74) is 0.0692. The van der Waals surface area contributed by atoms with Gasteiger partial charge in [-0.15, -0.1) is 0 Å². The first-order valence-corrected chi connectivity index (χ1v) is 6.28. The lowest BCUT2D eigenvalue weighted by atomic mass is 9.90. The molecule has 0 radical (unpaired) electrons. The third-order valence-corrected chi connectivity index (χ3v) is 3.26. The fraction of sp³-hybridized carbons (Fsp3) is 0.214. The highest BCUT2D eigenvalue weighted by atomic mass is 16.6. The van der Waals surface area contributed by atoms with Gasteiger partial charge in [0.15, 0.2) is 17.3 Å². The van der Waals surface area contributed by atoms with E-state index < -0.39 is 16.5 Å². The van der Waals surface area contributed by atoms with Crippen molar-refractivity contribution in [1.29, 1.82) is 0 Å². The molecule has 0 unspecified atom stereocenters. The van der Waals surface area contributed by atoms with Crippen LogP contribution in [0.25, 0.3) is 11.3 Å². The van der Waals surface area contributed by atoms with Crippen LogP contribution in [0.1, 0.15) is 46.5 Å². The molecular formula is C14H10N2O5. The van der Waals surface area contributed by atoms with Crippen LogP contribution < -0.4 is 0 Å². The number of rotatable bonds is 2. The predicted octanol–water partition coefficient (Wildman–Crippen LogP) is 2.75. The van der Waals surface area contributed by atoms with E-state index in [0.717, 1.165) is 6.07 Å². The van der Waals surface area contributed by atoms with Crippen molar-refractivity contribution in [2.75, 3.05) is 0 Å². The van der Waals surface area contributed by atoms with Crippen molar-refractivity contribution in [3.63, 3.8) is 0 Å². The highest BCUT2D eigenvalue weighted by Gasteiger charge is 2.36. The number of hydrogen-bond acceptors (Lipinski definition) is 6. The van der Waals surface area contributed by atoms with Gasteiger partial charge in [-0.3, -0.25) is 19.7 Å². The lowest BCUT2D eigenvalue weighted by molar-refractivity contribution is -0.384. The third-order valence-electron chi connectivity index (χ3n) is 3.26. The summed E-state index contributed by atoms with van der Waals surface area (Å²) in [6, 6.07) is 3.77. The molecule has 0 fully saturated rings. The van der Waals surface area contributed by atoms with Gasteiger partial charge >= 0.3 is 0 Å². The minimum Gasteiger partial charge on any atom is -0.440 e. The van der Waals surface area contributed by atoms with Crippen molar-refractivity contribution in [2.45, 2.75) is 19.8 Å². The number of oxazole rings is 1. The Morgan fingerprint density at radius 1 is 1.19 bits per heavy atom. The molecule has 7 heteroatoms. The predicted molar refractivity (Wildman–Crippen MR) is 71.3 cm³/mol. The average molecular weight is 286 g/mol. The second kappa shape index (κ2) is 4.34. The van der Waals surface area contributed by atoms with Gasteiger partial charge in [0, 0.05) is 29.2 Å². The molecule has 1 heterocycles. The van der Waals surface area contributed by atoms with Crippen LogP contribution in [0.4, 0.5) is 5.69 Å². The number of non-ortho nitro benzene ring substituents is 1. The highest BCUT2D eigenvalue weighted by molar-refractivity contribution is 6.52. The smallest absolute Gasteiger partial charge is 0.270 e. The molecule has 1 aliphatic carbocycles. The Morgan fingerprint density at radius 2 is 1.90 bits per heavy atom. The van der Waals surface area contributed by atoms with Gasteiger partial charge in [-0.2, -0.15) is 0 Å². The monoisotopic (exact) mass is 286 g/mol. The fourth-order valence-corrected chi connectivity index (χ4v) is 2.18. The normalized spacial score (nSPS) is 13.3. The molecule has 0 spiro atoms. The Morgan fingerprint density at radius 3 is 2.52 bits per heavy atom. The minimum absolute atomic E-state index is 0.0202. The maximum atomic E-state index is 12.1. The Balaban J connectivity index is 2.27. The number of nitro benzene ring substituents is 1. The molecule has 7 nitrogen and oxygen atoms in total. The molecule has 0 aliphatic heterocycles. The van der Waals surface area contributed by atoms with E-state index in [2.05, 4.69) is 4.98 Å². The Labute approximate surface area is 118 Å². The van der Waals surface area contributed by atoms with E-state index in [1.807, 2.05) is 13.8 Å². The first-order chi connectivity index (χ1) is 9.90. The van der Waals surface area contributed by atoms with E-state index in [-0.39, 0.29) is 28.6 Å². The van der Waals surface area contributed by atoms with Gasteiger partial charge < -0.3 is 4.42 Å². The average Bonchev–Trinajstić information content (AvgIpc) is 2.89. The zero-order valence-corrected chi connectivity index (χ0v) is 11.2. The van der Waals surface area contributed by atoms with E-state index in [1.165, 1.54) is 12.1 Å². The summed E-state index contributed by atoms with van der Waals surface area (Å²) in [5, 5.41) is 10.8. The van der Waals surface area contributed by atoms with Crippen molar-refractivity contribution in [3.8, 4) is 11.3 Å². The van der Waals surface area contributed by atoms with Gasteiger partial charge in [0.1, 0.15) is 0 Å². The van der Waals surface area contributed by atoms with Gasteiger partial charge in [-0.1, -0.05) is 13.8 Å². The standard InChI is InChI=1S/C14H10N2O5/c1-6(2)14-15-10-12(18)11(17)9-5-7(16(19)20)3-4-8(9)13(10)21-14/h3-6H,1-2H3. The molecule has 0 saturated heterocycles. The van der Waals surface area contributed by atoms with Crippen LogP contribution in [0.3, 0.4) is 0 Å². The third kappa shape index (κ3) is 1.85. The summed E-state index contributed by atoms with van der Waals surface area (Å²) in [4.78, 5) is 38.4. The summed E-state index contributed by atoms with van der Waals surface area (Å²) >= 11 is 0. The number of carbonyl (C=O) groups is 2. The molecule has 106 valence electrons. The molecule has 0 saturated carbocycles. The lowest BCUT2D eigenvalue weighted by Crippen LogP contribution is -2.21. The Kier molecular flexibility index (Phi) is 2.72. The van der Waals surface area contributed by atoms with E-state index in [4.69, 9.17) is 4.42 Å². The second-order valence-corrected chi connectivity index (χ2v) is 5.03. The van der Waals surface area contributed by atoms with E-state index >= 15 is 0 Å². The quantitative estimate of drug-likeness (QED) is 0.477. The first kappa shape index (κ1) is 13.2. The largest absolute Gasteiger partial charge is 0.440 e. The van der Waals surface area contributed by atoms with Gasteiger partial charge in [0.25, 0.3) is 11.5 Å². The van der Waals surface area contributed by atoms with Crippen molar-refractivity contribution in [2.24, 2.45) is 0 Å². The molecule has 1 aliphatic rings. The second-order valence-electron chi connectivity index (χ2n) is 5.03. The van der Waals surface area contributed by atoms with Crippen LogP contribution in [0, 0.1) is 10.1 Å². The summed E-state index contributed by atoms with van der Waals surface area (Å²) in [6.45, 7) is 3.70. The van der Waals surface area contributed by atoms with Crippen molar-refractivity contribution < 1.29 is 18.9 Å². The molecule has 3 rings (SSSR count). The molecule has 0 N–H and O–H groups in total. The Hall–Kier alpha value is -2.83. The van der Waals surface area contributed by atoms with Crippen molar-refractivity contribution >= 4 is 17.3 Å². The molecule has 1 aromatic carbocycles. The first-order valence-electron chi connectivity index (χ1n) is 6.28. The lowest BCUT2D eigenvalue weighted by Gasteiger charge is -2.11. The number of nitrogens with zero attached hydrogens (tertiary/aromatic N) is 2. The number of aromatic nitrogens is 1. The molecule has 0 atom stereocenters. The fourth-order valence-electron chi connectivity index (χ4n) is 2.18. The molecule has 1 aromatic heterocycles. The zero-order chi connectivity index (χ0) is 15.3. The molecule has 21 heavy (non-hydrogen) atoms. The van der Waals surface area contributed by atoms with Crippen molar-refractivity contribution in [1.82, 2.24) is 4.98 Å². The number of benzene rings is 1. The van der Waals surface area contributed by atoms with Crippen LogP contribution in [0.15, 0.2) is 22.6 Å². The number of nitro groups is 1. The van der Waals surface area contributed by atoms with Crippen molar-refractivity contribution in [3.05, 3.63) is 45.5 Å². The van der Waals surface area contributed by atoms with E-state index in [1.54, 1.807) is 0 Å². The highest BCUT2D eigenvalue weighted by Crippen LogP contribution is 2.36. The molecule has 2 aromatic rings. The minimum atomic E-state index is -0.801. The SMILES string of the molecule is CC(C)c1nc2c(o1)-c1ccc([N+](=O)[O-])cc1C(=O)C2=O. The van der Waals surface area contributed by atoms with Gasteiger partial charge in [0.2, 0.25) is 5.78 Å². The number of carbonyl (C=O) groups excluding carboxylic acids is 2. The summed E-state index contributed by atoms with van der Waals surface area (Å²) in [7, 11) is 0. The van der Waals surface area contributed by atoms with Crippen LogP contribution in [0.5, 0.6) is 0 Å². The number of hydrogen-bond donors (Lipinski definition) is 0. The van der Waals surface area contributed by atoms with Gasteiger partial charge in [-0.05, 0) is 6.07 Å². The van der Waals surface area contributed by atoms with E-state index in [9.17, 15) is 19.7 Å². The van der Waals surface area contributed by atoms with Crippen LogP contribution >= 0.6 is 0 Å². The van der Waals surface area contributed by atoms with E-state index in [0.29, 0.717) is 11.5 Å². The number of Topliss-reactive ketones (excluding diaryl/α,β-unsaturated/α-hetero) is 2. The van der Waals surface area contributed by atoms with Crippen LogP contribution in [-0.4, -0.2) is 21.5 Å². The maximum Gasteiger partial charge on any atom is 0.270 e. The number of ketones is 2. The summed E-state index contributed by atoms with van der Waals surface area (Å²) < 4.78 is 5.56. The molecule has 0 amide bonds. The molecule has 0 bridgehead atoms. The summed E-state index contributed by atoms with van der Waals surface area (Å²) in [6.07, 6.45) is 0. The topological polar surface area (TPSA) is 103 Å². The zero-order valence-electron chi connectivity index (χ0n) is 11.2. The number of fused-ring (bicyclic) bond motifs is 3. The maximum absolute atomic E-state index is 12.1. The van der Waals surface area contributed by atoms with Crippen LogP contribution in [-0.2, 0) is 0 Å².